The molecule has 2 aromatic heterocycles. The van der Waals surface area contributed by atoms with Gasteiger partial charge in [-0.2, -0.15) is 0 Å². The van der Waals surface area contributed by atoms with Crippen LogP contribution in [0, 0.1) is 0 Å². The van der Waals surface area contributed by atoms with Crippen LogP contribution in [0.5, 0.6) is 11.5 Å². The highest BCUT2D eigenvalue weighted by Gasteiger charge is 2.10. The number of methoxy groups -OCH3 is 1. The number of amides is 2. The highest BCUT2D eigenvalue weighted by Crippen LogP contribution is 2.31. The number of ether oxygens (including phenoxy) is 2. The van der Waals surface area contributed by atoms with Gasteiger partial charge < -0.3 is 24.5 Å². The van der Waals surface area contributed by atoms with Crippen LogP contribution in [-0.4, -0.2) is 30.5 Å². The van der Waals surface area contributed by atoms with Gasteiger partial charge in [0.05, 0.1) is 13.4 Å². The van der Waals surface area contributed by atoms with E-state index < -0.39 is 0 Å². The summed E-state index contributed by atoms with van der Waals surface area (Å²) in [7, 11) is 1.56. The molecule has 2 heterocycles. The molecule has 0 aliphatic carbocycles. The third-order valence-electron chi connectivity index (χ3n) is 4.20. The van der Waals surface area contributed by atoms with Crippen molar-refractivity contribution in [1.82, 2.24) is 10.3 Å². The number of benzene rings is 1. The molecule has 0 saturated carbocycles. The van der Waals surface area contributed by atoms with Gasteiger partial charge in [0, 0.05) is 37.1 Å². The fraction of sp³-hybridized carbons (Fsp3) is 0.227. The van der Waals surface area contributed by atoms with Crippen LogP contribution in [0.3, 0.4) is 0 Å². The molecule has 0 unspecified atom stereocenters. The molecule has 2 N–H and O–H groups in total. The van der Waals surface area contributed by atoms with Crippen LogP contribution in [-0.2, 0) is 11.4 Å². The van der Waals surface area contributed by atoms with E-state index >= 15 is 0 Å². The van der Waals surface area contributed by atoms with E-state index in [1.165, 1.54) is 6.26 Å². The maximum atomic E-state index is 12.2. The Morgan fingerprint density at radius 1 is 1.10 bits per heavy atom. The van der Waals surface area contributed by atoms with Gasteiger partial charge >= 0.3 is 0 Å². The highest BCUT2D eigenvalue weighted by molar-refractivity contribution is 5.92. The molecule has 1 aromatic carbocycles. The summed E-state index contributed by atoms with van der Waals surface area (Å²) in [6.07, 6.45) is 5.59. The van der Waals surface area contributed by atoms with Crippen molar-refractivity contribution < 1.29 is 23.5 Å². The van der Waals surface area contributed by atoms with Crippen LogP contribution in [0.4, 0.5) is 5.69 Å². The molecule has 0 spiro atoms. The van der Waals surface area contributed by atoms with Gasteiger partial charge in [0.1, 0.15) is 6.61 Å². The van der Waals surface area contributed by atoms with E-state index in [1.807, 2.05) is 12.1 Å². The quantitative estimate of drug-likeness (QED) is 0.498. The number of hydrogen-bond acceptors (Lipinski definition) is 6. The molecule has 0 aliphatic heterocycles. The van der Waals surface area contributed by atoms with E-state index in [0.29, 0.717) is 36.8 Å². The van der Waals surface area contributed by atoms with Crippen molar-refractivity contribution in [2.45, 2.75) is 19.4 Å². The smallest absolute Gasteiger partial charge is 0.286 e. The minimum Gasteiger partial charge on any atom is -0.493 e. The second kappa shape index (κ2) is 10.7. The van der Waals surface area contributed by atoms with Crippen molar-refractivity contribution in [2.24, 2.45) is 0 Å². The SMILES string of the molecule is COc1ccc(NC(=O)CCCNC(=O)c2ccco2)cc1OCc1ccncc1. The predicted octanol–water partition coefficient (Wildman–Crippen LogP) is 3.41. The van der Waals surface area contributed by atoms with Crippen LogP contribution in [0.2, 0.25) is 0 Å². The predicted molar refractivity (Wildman–Crippen MR) is 110 cm³/mol. The van der Waals surface area contributed by atoms with Crippen molar-refractivity contribution in [3.05, 3.63) is 72.4 Å². The number of nitrogens with zero attached hydrogens (tertiary/aromatic N) is 1. The van der Waals surface area contributed by atoms with Gasteiger partial charge in [-0.3, -0.25) is 14.6 Å². The normalized spacial score (nSPS) is 10.3. The van der Waals surface area contributed by atoms with Gasteiger partial charge in [0.25, 0.3) is 5.91 Å². The Morgan fingerprint density at radius 2 is 1.93 bits per heavy atom. The zero-order chi connectivity index (χ0) is 21.2. The molecule has 2 amide bonds. The van der Waals surface area contributed by atoms with Gasteiger partial charge in [-0.15, -0.1) is 0 Å². The van der Waals surface area contributed by atoms with Crippen LogP contribution >= 0.6 is 0 Å². The van der Waals surface area contributed by atoms with E-state index in [9.17, 15) is 9.59 Å². The van der Waals surface area contributed by atoms with Gasteiger partial charge in [0.2, 0.25) is 5.91 Å². The molecular weight excluding hydrogens is 386 g/mol. The molecule has 0 saturated heterocycles. The average Bonchev–Trinajstić information content (AvgIpc) is 3.31. The van der Waals surface area contributed by atoms with Crippen LogP contribution in [0.1, 0.15) is 29.0 Å². The van der Waals surface area contributed by atoms with Crippen LogP contribution in [0.15, 0.2) is 65.5 Å². The lowest BCUT2D eigenvalue weighted by molar-refractivity contribution is -0.116. The summed E-state index contributed by atoms with van der Waals surface area (Å²) in [5, 5.41) is 5.54. The topological polar surface area (TPSA) is 103 Å². The minimum absolute atomic E-state index is 0.160. The minimum atomic E-state index is -0.299. The Balaban J connectivity index is 1.47. The average molecular weight is 409 g/mol. The molecule has 3 aromatic rings. The number of anilines is 1. The summed E-state index contributed by atoms with van der Waals surface area (Å²) in [6, 6.07) is 12.2. The summed E-state index contributed by atoms with van der Waals surface area (Å²) in [5.41, 5.74) is 1.57. The summed E-state index contributed by atoms with van der Waals surface area (Å²) < 4.78 is 16.2. The highest BCUT2D eigenvalue weighted by atomic mass is 16.5. The van der Waals surface area contributed by atoms with E-state index in [-0.39, 0.29) is 24.0 Å². The summed E-state index contributed by atoms with van der Waals surface area (Å²) >= 11 is 0. The summed E-state index contributed by atoms with van der Waals surface area (Å²) in [5.74, 6) is 0.886. The van der Waals surface area contributed by atoms with E-state index in [0.717, 1.165) is 5.56 Å². The number of carbonyl (C=O) groups is 2. The number of furan rings is 1. The number of rotatable bonds is 10. The zero-order valence-corrected chi connectivity index (χ0v) is 16.6. The fourth-order valence-electron chi connectivity index (χ4n) is 2.68. The standard InChI is InChI=1S/C22H23N3O5/c1-28-18-7-6-17(14-20(18)30-15-16-8-11-23-12-9-16)25-21(26)5-2-10-24-22(27)19-4-3-13-29-19/h3-4,6-9,11-14H,2,5,10,15H2,1H3,(H,24,27)(H,25,26). The first kappa shape index (κ1) is 20.9. The van der Waals surface area contributed by atoms with Crippen molar-refractivity contribution in [3.63, 3.8) is 0 Å². The Kier molecular flexibility index (Phi) is 7.43. The molecular formula is C22H23N3O5. The molecule has 8 heteroatoms. The van der Waals surface area contributed by atoms with Crippen molar-refractivity contribution in [1.29, 1.82) is 0 Å². The molecule has 3 rings (SSSR count). The van der Waals surface area contributed by atoms with Crippen molar-refractivity contribution >= 4 is 17.5 Å². The van der Waals surface area contributed by atoms with Crippen molar-refractivity contribution in [2.75, 3.05) is 19.0 Å². The summed E-state index contributed by atoms with van der Waals surface area (Å²) in [4.78, 5) is 28.0. The van der Waals surface area contributed by atoms with Gasteiger partial charge in [-0.25, -0.2) is 0 Å². The van der Waals surface area contributed by atoms with Crippen molar-refractivity contribution in [3.8, 4) is 11.5 Å². The maximum Gasteiger partial charge on any atom is 0.286 e. The Labute approximate surface area is 174 Å². The summed E-state index contributed by atoms with van der Waals surface area (Å²) in [6.45, 7) is 0.724. The Bertz CT molecular complexity index is 958. The third-order valence-corrected chi connectivity index (χ3v) is 4.20. The monoisotopic (exact) mass is 409 g/mol. The number of carbonyl (C=O) groups excluding carboxylic acids is 2. The molecule has 0 atom stereocenters. The Morgan fingerprint density at radius 3 is 2.67 bits per heavy atom. The molecule has 0 bridgehead atoms. The lowest BCUT2D eigenvalue weighted by Gasteiger charge is -2.13. The lowest BCUT2D eigenvalue weighted by Crippen LogP contribution is -2.25. The first-order valence-electron chi connectivity index (χ1n) is 9.47. The first-order chi connectivity index (χ1) is 14.7. The molecule has 0 fully saturated rings. The third kappa shape index (κ3) is 6.10. The fourth-order valence-corrected chi connectivity index (χ4v) is 2.68. The molecule has 156 valence electrons. The molecule has 30 heavy (non-hydrogen) atoms. The van der Waals surface area contributed by atoms with Gasteiger partial charge in [-0.1, -0.05) is 0 Å². The first-order valence-corrected chi connectivity index (χ1v) is 9.47. The molecule has 0 radical (unpaired) electrons. The molecule has 8 nitrogen and oxygen atoms in total. The number of pyridine rings is 1. The van der Waals surface area contributed by atoms with E-state index in [1.54, 1.807) is 49.8 Å². The second-order valence-electron chi connectivity index (χ2n) is 6.39. The van der Waals surface area contributed by atoms with E-state index in [4.69, 9.17) is 13.9 Å². The lowest BCUT2D eigenvalue weighted by atomic mass is 10.2. The van der Waals surface area contributed by atoms with Gasteiger partial charge in [0.15, 0.2) is 17.3 Å². The second-order valence-corrected chi connectivity index (χ2v) is 6.39. The van der Waals surface area contributed by atoms with Crippen LogP contribution in [0.25, 0.3) is 0 Å². The van der Waals surface area contributed by atoms with Gasteiger partial charge in [-0.05, 0) is 48.4 Å². The zero-order valence-electron chi connectivity index (χ0n) is 16.6. The number of hydrogen-bond donors (Lipinski definition) is 2. The van der Waals surface area contributed by atoms with Crippen LogP contribution < -0.4 is 20.1 Å². The molecule has 0 aliphatic rings. The largest absolute Gasteiger partial charge is 0.493 e. The number of aromatic nitrogens is 1. The van der Waals surface area contributed by atoms with E-state index in [2.05, 4.69) is 15.6 Å². The number of nitrogens with one attached hydrogen (secondary N) is 2. The maximum absolute atomic E-state index is 12.2. The Hall–Kier alpha value is -3.81.